The fraction of sp³-hybridized carbons (Fsp3) is 0.0714. The standard InChI is InChI=1S/C14H9BrClF2NO2/c15-10-5-8(17)2-4-13(10)21-7-14(20)19-12-3-1-9(18)6-11(12)16/h1-6H,7H2,(H,19,20). The number of ether oxygens (including phenoxy) is 1. The first-order chi connectivity index (χ1) is 9.95. The zero-order chi connectivity index (χ0) is 15.4. The average molecular weight is 377 g/mol. The van der Waals surface area contributed by atoms with E-state index in [0.29, 0.717) is 10.2 Å². The maximum atomic E-state index is 12.9. The first-order valence-electron chi connectivity index (χ1n) is 5.78. The Bertz CT molecular complexity index is 682. The lowest BCUT2D eigenvalue weighted by Gasteiger charge is -2.10. The van der Waals surface area contributed by atoms with Crippen LogP contribution in [0.1, 0.15) is 0 Å². The average Bonchev–Trinajstić information content (AvgIpc) is 2.41. The molecule has 0 aliphatic heterocycles. The van der Waals surface area contributed by atoms with Crippen molar-refractivity contribution < 1.29 is 18.3 Å². The van der Waals surface area contributed by atoms with E-state index in [1.165, 1.54) is 30.3 Å². The summed E-state index contributed by atoms with van der Waals surface area (Å²) >= 11 is 8.91. The molecule has 2 aromatic carbocycles. The van der Waals surface area contributed by atoms with E-state index in [4.69, 9.17) is 16.3 Å². The van der Waals surface area contributed by atoms with Crippen LogP contribution in [0.3, 0.4) is 0 Å². The third kappa shape index (κ3) is 4.41. The summed E-state index contributed by atoms with van der Waals surface area (Å²) in [5, 5.41) is 2.58. The molecule has 3 nitrogen and oxygen atoms in total. The van der Waals surface area contributed by atoms with Crippen molar-refractivity contribution in [1.82, 2.24) is 0 Å². The molecule has 2 aromatic rings. The summed E-state index contributed by atoms with van der Waals surface area (Å²) in [4.78, 5) is 11.7. The zero-order valence-corrected chi connectivity index (χ0v) is 12.8. The van der Waals surface area contributed by atoms with Gasteiger partial charge in [-0.25, -0.2) is 8.78 Å². The second-order valence-corrected chi connectivity index (χ2v) is 5.30. The quantitative estimate of drug-likeness (QED) is 0.859. The Morgan fingerprint density at radius 3 is 2.52 bits per heavy atom. The number of benzene rings is 2. The summed E-state index contributed by atoms with van der Waals surface area (Å²) in [6.07, 6.45) is 0. The molecule has 0 spiro atoms. The van der Waals surface area contributed by atoms with Crippen molar-refractivity contribution in [3.8, 4) is 5.75 Å². The lowest BCUT2D eigenvalue weighted by molar-refractivity contribution is -0.118. The molecule has 21 heavy (non-hydrogen) atoms. The summed E-state index contributed by atoms with van der Waals surface area (Å²) in [6.45, 7) is -0.294. The molecule has 7 heteroatoms. The molecule has 0 aromatic heterocycles. The van der Waals surface area contributed by atoms with Crippen LogP contribution in [0.2, 0.25) is 5.02 Å². The number of nitrogens with one attached hydrogen (secondary N) is 1. The molecular formula is C14H9BrClF2NO2. The molecular weight excluding hydrogens is 368 g/mol. The van der Waals surface area contributed by atoms with Gasteiger partial charge in [0.25, 0.3) is 5.91 Å². The van der Waals surface area contributed by atoms with Crippen LogP contribution in [0.5, 0.6) is 5.75 Å². The highest BCUT2D eigenvalue weighted by Gasteiger charge is 2.09. The molecule has 0 saturated carbocycles. The van der Waals surface area contributed by atoms with E-state index >= 15 is 0 Å². The molecule has 0 fully saturated rings. The third-order valence-electron chi connectivity index (χ3n) is 2.46. The van der Waals surface area contributed by atoms with Gasteiger partial charge < -0.3 is 10.1 Å². The topological polar surface area (TPSA) is 38.3 Å². The molecule has 0 heterocycles. The Balaban J connectivity index is 1.96. The van der Waals surface area contributed by atoms with Crippen LogP contribution in [0.4, 0.5) is 14.5 Å². The number of anilines is 1. The van der Waals surface area contributed by atoms with E-state index in [0.717, 1.165) is 6.07 Å². The lowest BCUT2D eigenvalue weighted by Crippen LogP contribution is -2.20. The predicted octanol–water partition coefficient (Wildman–Crippen LogP) is 4.40. The first-order valence-corrected chi connectivity index (χ1v) is 6.95. The summed E-state index contributed by atoms with van der Waals surface area (Å²) in [6, 6.07) is 7.47. The summed E-state index contributed by atoms with van der Waals surface area (Å²) in [5.41, 5.74) is 0.282. The molecule has 0 unspecified atom stereocenters. The Kier molecular flexibility index (Phi) is 5.14. The zero-order valence-electron chi connectivity index (χ0n) is 10.5. The van der Waals surface area contributed by atoms with Crippen molar-refractivity contribution in [3.63, 3.8) is 0 Å². The first kappa shape index (κ1) is 15.7. The van der Waals surface area contributed by atoms with Gasteiger partial charge in [-0.3, -0.25) is 4.79 Å². The second kappa shape index (κ2) is 6.87. The summed E-state index contributed by atoms with van der Waals surface area (Å²) in [7, 11) is 0. The van der Waals surface area contributed by atoms with Crippen molar-refractivity contribution in [2.24, 2.45) is 0 Å². The predicted molar refractivity (Wildman–Crippen MR) is 79.6 cm³/mol. The van der Waals surface area contributed by atoms with E-state index < -0.39 is 17.5 Å². The van der Waals surface area contributed by atoms with Crippen LogP contribution in [-0.2, 0) is 4.79 Å². The smallest absolute Gasteiger partial charge is 0.262 e. The van der Waals surface area contributed by atoms with Crippen LogP contribution in [-0.4, -0.2) is 12.5 Å². The maximum Gasteiger partial charge on any atom is 0.262 e. The number of carbonyl (C=O) groups is 1. The van der Waals surface area contributed by atoms with Gasteiger partial charge in [0.2, 0.25) is 0 Å². The van der Waals surface area contributed by atoms with Gasteiger partial charge in [0.1, 0.15) is 17.4 Å². The molecule has 0 radical (unpaired) electrons. The number of halogens is 4. The van der Waals surface area contributed by atoms with E-state index in [2.05, 4.69) is 21.2 Å². The Hall–Kier alpha value is -1.66. The van der Waals surface area contributed by atoms with Gasteiger partial charge in [0.05, 0.1) is 15.2 Å². The summed E-state index contributed by atoms with van der Waals surface area (Å²) in [5.74, 6) is -1.06. The number of hydrogen-bond donors (Lipinski definition) is 1. The fourth-order valence-corrected chi connectivity index (χ4v) is 2.19. The molecule has 0 aliphatic carbocycles. The van der Waals surface area contributed by atoms with Crippen LogP contribution in [0.15, 0.2) is 40.9 Å². The van der Waals surface area contributed by atoms with E-state index in [1.807, 2.05) is 0 Å². The molecule has 1 amide bonds. The van der Waals surface area contributed by atoms with Crippen LogP contribution < -0.4 is 10.1 Å². The monoisotopic (exact) mass is 375 g/mol. The van der Waals surface area contributed by atoms with E-state index in [-0.39, 0.29) is 17.3 Å². The highest BCUT2D eigenvalue weighted by atomic mass is 79.9. The number of amides is 1. The van der Waals surface area contributed by atoms with Gasteiger partial charge in [-0.15, -0.1) is 0 Å². The molecule has 0 saturated heterocycles. The Morgan fingerprint density at radius 1 is 1.19 bits per heavy atom. The largest absolute Gasteiger partial charge is 0.483 e. The minimum atomic E-state index is -0.496. The molecule has 110 valence electrons. The number of hydrogen-bond acceptors (Lipinski definition) is 2. The molecule has 1 N–H and O–H groups in total. The molecule has 0 atom stereocenters. The van der Waals surface area contributed by atoms with E-state index in [9.17, 15) is 13.6 Å². The van der Waals surface area contributed by atoms with Crippen molar-refractivity contribution in [2.75, 3.05) is 11.9 Å². The number of rotatable bonds is 4. The van der Waals surface area contributed by atoms with Crippen molar-refractivity contribution in [1.29, 1.82) is 0 Å². The van der Waals surface area contributed by atoms with Gasteiger partial charge >= 0.3 is 0 Å². The van der Waals surface area contributed by atoms with Crippen molar-refractivity contribution in [2.45, 2.75) is 0 Å². The minimum Gasteiger partial charge on any atom is -0.483 e. The molecule has 0 aliphatic rings. The van der Waals surface area contributed by atoms with Crippen molar-refractivity contribution in [3.05, 3.63) is 57.5 Å². The highest BCUT2D eigenvalue weighted by molar-refractivity contribution is 9.10. The normalized spacial score (nSPS) is 10.3. The van der Waals surface area contributed by atoms with Crippen LogP contribution in [0, 0.1) is 11.6 Å². The number of carbonyl (C=O) groups excluding carboxylic acids is 1. The Morgan fingerprint density at radius 2 is 1.86 bits per heavy atom. The fourth-order valence-electron chi connectivity index (χ4n) is 1.51. The van der Waals surface area contributed by atoms with Gasteiger partial charge in [0, 0.05) is 0 Å². The highest BCUT2D eigenvalue weighted by Crippen LogP contribution is 2.26. The summed E-state index contributed by atoms with van der Waals surface area (Å²) < 4.78 is 31.4. The maximum absolute atomic E-state index is 12.9. The van der Waals surface area contributed by atoms with Gasteiger partial charge in [-0.05, 0) is 52.3 Å². The van der Waals surface area contributed by atoms with Crippen LogP contribution in [0.25, 0.3) is 0 Å². The van der Waals surface area contributed by atoms with Gasteiger partial charge in [-0.2, -0.15) is 0 Å². The second-order valence-electron chi connectivity index (χ2n) is 4.04. The Labute approximate surface area is 133 Å². The SMILES string of the molecule is O=C(COc1ccc(F)cc1Br)Nc1ccc(F)cc1Cl. The molecule has 2 rings (SSSR count). The molecule has 0 bridgehead atoms. The lowest BCUT2D eigenvalue weighted by atomic mass is 10.3. The van der Waals surface area contributed by atoms with Crippen molar-refractivity contribution >= 4 is 39.1 Å². The third-order valence-corrected chi connectivity index (χ3v) is 3.39. The van der Waals surface area contributed by atoms with Crippen LogP contribution >= 0.6 is 27.5 Å². The minimum absolute atomic E-state index is 0.0892. The van der Waals surface area contributed by atoms with Gasteiger partial charge in [-0.1, -0.05) is 11.6 Å². The van der Waals surface area contributed by atoms with Gasteiger partial charge in [0.15, 0.2) is 6.61 Å². The van der Waals surface area contributed by atoms with E-state index in [1.54, 1.807) is 0 Å².